The van der Waals surface area contributed by atoms with Crippen LogP contribution in [-0.4, -0.2) is 40.4 Å². The summed E-state index contributed by atoms with van der Waals surface area (Å²) in [6.07, 6.45) is 4.40. The molecule has 2 heterocycles. The Kier molecular flexibility index (Phi) is 4.09. The second-order valence-corrected chi connectivity index (χ2v) is 4.27. The van der Waals surface area contributed by atoms with Gasteiger partial charge in [0.25, 0.3) is 0 Å². The molecule has 1 aromatic rings. The lowest BCUT2D eigenvalue weighted by Gasteiger charge is -2.15. The number of amides is 1. The number of likely N-dealkylation sites (tertiary alicyclic amines) is 1. The van der Waals surface area contributed by atoms with Crippen LogP contribution >= 0.6 is 0 Å². The van der Waals surface area contributed by atoms with E-state index in [1.807, 2.05) is 6.07 Å². The highest BCUT2D eigenvalue weighted by molar-refractivity contribution is 5.78. The molecule has 0 N–H and O–H groups in total. The largest absolute Gasteiger partial charge is 0.342 e. The van der Waals surface area contributed by atoms with Crippen LogP contribution in [0.1, 0.15) is 12.1 Å². The van der Waals surface area contributed by atoms with Crippen LogP contribution in [0.15, 0.2) is 23.7 Å². The lowest BCUT2D eigenvalue weighted by molar-refractivity contribution is -0.127. The summed E-state index contributed by atoms with van der Waals surface area (Å²) < 4.78 is 0. The first kappa shape index (κ1) is 12.3. The van der Waals surface area contributed by atoms with Gasteiger partial charge in [0.15, 0.2) is 0 Å². The van der Waals surface area contributed by atoms with Crippen molar-refractivity contribution in [2.75, 3.05) is 19.6 Å². The van der Waals surface area contributed by atoms with E-state index in [9.17, 15) is 4.79 Å². The van der Waals surface area contributed by atoms with Gasteiger partial charge in [-0.25, -0.2) is 9.97 Å². The van der Waals surface area contributed by atoms with E-state index in [1.54, 1.807) is 11.1 Å². The number of aromatic nitrogens is 2. The lowest BCUT2D eigenvalue weighted by atomic mass is 10.1. The van der Waals surface area contributed by atoms with Gasteiger partial charge in [-0.1, -0.05) is 5.11 Å². The number of hydrogen-bond donors (Lipinski definition) is 0. The SMILES string of the molecule is [N-]=[N+]=NCC1CC(=O)N(CCc2ccncn2)C1. The highest BCUT2D eigenvalue weighted by atomic mass is 16.2. The Morgan fingerprint density at radius 3 is 3.22 bits per heavy atom. The molecular weight excluding hydrogens is 232 g/mol. The Balaban J connectivity index is 1.83. The predicted octanol–water partition coefficient (Wildman–Crippen LogP) is 1.18. The van der Waals surface area contributed by atoms with E-state index in [-0.39, 0.29) is 11.8 Å². The Morgan fingerprint density at radius 1 is 1.61 bits per heavy atom. The third-order valence-corrected chi connectivity index (χ3v) is 2.98. The number of azide groups is 1. The van der Waals surface area contributed by atoms with Crippen molar-refractivity contribution in [1.29, 1.82) is 0 Å². The topological polar surface area (TPSA) is 94.9 Å². The summed E-state index contributed by atoms with van der Waals surface area (Å²) in [7, 11) is 0. The minimum Gasteiger partial charge on any atom is -0.342 e. The van der Waals surface area contributed by atoms with E-state index in [1.165, 1.54) is 6.33 Å². The maximum absolute atomic E-state index is 11.7. The monoisotopic (exact) mass is 246 g/mol. The van der Waals surface area contributed by atoms with E-state index in [2.05, 4.69) is 20.0 Å². The molecule has 0 saturated carbocycles. The average molecular weight is 246 g/mol. The summed E-state index contributed by atoms with van der Waals surface area (Å²) in [4.78, 5) is 24.2. The first-order valence-electron chi connectivity index (χ1n) is 5.83. The fourth-order valence-corrected chi connectivity index (χ4v) is 2.06. The molecule has 1 amide bonds. The Bertz CT molecular complexity index is 456. The lowest BCUT2D eigenvalue weighted by Crippen LogP contribution is -2.28. The van der Waals surface area contributed by atoms with E-state index in [0.717, 1.165) is 12.1 Å². The van der Waals surface area contributed by atoms with Gasteiger partial charge in [-0.2, -0.15) is 0 Å². The summed E-state index contributed by atoms with van der Waals surface area (Å²) >= 11 is 0. The third kappa shape index (κ3) is 3.18. The molecule has 2 rings (SSSR count). The molecule has 0 aromatic carbocycles. The summed E-state index contributed by atoms with van der Waals surface area (Å²) in [5.41, 5.74) is 9.18. The number of nitrogens with zero attached hydrogens (tertiary/aromatic N) is 6. The summed E-state index contributed by atoms with van der Waals surface area (Å²) in [6.45, 7) is 1.72. The molecule has 7 nitrogen and oxygen atoms in total. The second-order valence-electron chi connectivity index (χ2n) is 4.27. The van der Waals surface area contributed by atoms with Crippen LogP contribution in [0, 0.1) is 5.92 Å². The smallest absolute Gasteiger partial charge is 0.222 e. The molecule has 1 unspecified atom stereocenters. The molecule has 18 heavy (non-hydrogen) atoms. The van der Waals surface area contributed by atoms with Crippen LogP contribution in [0.3, 0.4) is 0 Å². The van der Waals surface area contributed by atoms with Gasteiger partial charge in [0.2, 0.25) is 5.91 Å². The van der Waals surface area contributed by atoms with Gasteiger partial charge in [-0.05, 0) is 17.5 Å². The fourth-order valence-electron chi connectivity index (χ4n) is 2.06. The van der Waals surface area contributed by atoms with Gasteiger partial charge in [0.1, 0.15) is 6.33 Å². The summed E-state index contributed by atoms with van der Waals surface area (Å²) in [5.74, 6) is 0.279. The zero-order valence-electron chi connectivity index (χ0n) is 9.94. The van der Waals surface area contributed by atoms with E-state index in [0.29, 0.717) is 26.1 Å². The van der Waals surface area contributed by atoms with Crippen LogP contribution in [0.4, 0.5) is 0 Å². The molecule has 1 aromatic heterocycles. The molecule has 7 heteroatoms. The molecule has 1 saturated heterocycles. The van der Waals surface area contributed by atoms with Crippen LogP contribution in [0.2, 0.25) is 0 Å². The van der Waals surface area contributed by atoms with Crippen molar-refractivity contribution in [1.82, 2.24) is 14.9 Å². The Morgan fingerprint density at radius 2 is 2.50 bits per heavy atom. The second kappa shape index (κ2) is 5.97. The highest BCUT2D eigenvalue weighted by Crippen LogP contribution is 2.18. The predicted molar refractivity (Wildman–Crippen MR) is 64.4 cm³/mol. The molecule has 1 aliphatic rings. The van der Waals surface area contributed by atoms with Crippen molar-refractivity contribution in [3.05, 3.63) is 34.7 Å². The number of carbonyl (C=O) groups is 1. The molecule has 0 radical (unpaired) electrons. The van der Waals surface area contributed by atoms with E-state index in [4.69, 9.17) is 5.53 Å². The van der Waals surface area contributed by atoms with Gasteiger partial charge < -0.3 is 4.90 Å². The Hall–Kier alpha value is -2.14. The molecule has 1 atom stereocenters. The zero-order chi connectivity index (χ0) is 12.8. The molecule has 94 valence electrons. The molecule has 0 spiro atoms. The zero-order valence-corrected chi connectivity index (χ0v) is 9.94. The van der Waals surface area contributed by atoms with E-state index >= 15 is 0 Å². The maximum atomic E-state index is 11.7. The fraction of sp³-hybridized carbons (Fsp3) is 0.545. The molecule has 0 aliphatic carbocycles. The van der Waals surface area contributed by atoms with Gasteiger partial charge in [-0.3, -0.25) is 4.79 Å². The van der Waals surface area contributed by atoms with Gasteiger partial charge in [0, 0.05) is 49.3 Å². The van der Waals surface area contributed by atoms with Gasteiger partial charge in [0.05, 0.1) is 0 Å². The Labute approximate surface area is 104 Å². The summed E-state index contributed by atoms with van der Waals surface area (Å²) in [5, 5.41) is 3.52. The third-order valence-electron chi connectivity index (χ3n) is 2.98. The number of hydrogen-bond acceptors (Lipinski definition) is 4. The molecule has 0 bridgehead atoms. The summed E-state index contributed by atoms with van der Waals surface area (Å²) in [6, 6.07) is 1.85. The van der Waals surface area contributed by atoms with Crippen molar-refractivity contribution in [3.8, 4) is 0 Å². The number of carbonyl (C=O) groups excluding carboxylic acids is 1. The van der Waals surface area contributed by atoms with Gasteiger partial charge in [-0.15, -0.1) is 0 Å². The molecule has 1 fully saturated rings. The van der Waals surface area contributed by atoms with E-state index < -0.39 is 0 Å². The van der Waals surface area contributed by atoms with Crippen molar-refractivity contribution >= 4 is 5.91 Å². The van der Waals surface area contributed by atoms with Gasteiger partial charge >= 0.3 is 0 Å². The highest BCUT2D eigenvalue weighted by Gasteiger charge is 2.28. The minimum atomic E-state index is 0.127. The first-order valence-corrected chi connectivity index (χ1v) is 5.83. The van der Waals surface area contributed by atoms with Crippen LogP contribution < -0.4 is 0 Å². The van der Waals surface area contributed by atoms with Crippen molar-refractivity contribution < 1.29 is 4.79 Å². The van der Waals surface area contributed by atoms with Crippen LogP contribution in [-0.2, 0) is 11.2 Å². The minimum absolute atomic E-state index is 0.127. The van der Waals surface area contributed by atoms with Crippen molar-refractivity contribution in [3.63, 3.8) is 0 Å². The molecule has 1 aliphatic heterocycles. The first-order chi connectivity index (χ1) is 8.79. The quantitative estimate of drug-likeness (QED) is 0.443. The standard InChI is InChI=1S/C11H14N6O/c12-16-15-6-9-5-11(18)17(7-9)4-2-10-1-3-13-8-14-10/h1,3,8-9H,2,4-7H2. The van der Waals surface area contributed by atoms with Crippen molar-refractivity contribution in [2.45, 2.75) is 12.8 Å². The average Bonchev–Trinajstić information content (AvgIpc) is 2.76. The van der Waals surface area contributed by atoms with Crippen molar-refractivity contribution in [2.24, 2.45) is 11.0 Å². The van der Waals surface area contributed by atoms with Crippen LogP contribution in [0.5, 0.6) is 0 Å². The number of rotatable bonds is 5. The van der Waals surface area contributed by atoms with Crippen LogP contribution in [0.25, 0.3) is 10.4 Å². The maximum Gasteiger partial charge on any atom is 0.222 e. The normalized spacial score (nSPS) is 18.8. The molecular formula is C11H14N6O.